The van der Waals surface area contributed by atoms with E-state index in [-0.39, 0.29) is 11.1 Å². The van der Waals surface area contributed by atoms with Crippen molar-refractivity contribution in [2.75, 3.05) is 24.5 Å². The maximum atomic E-state index is 6.13. The van der Waals surface area contributed by atoms with Gasteiger partial charge in [0.15, 0.2) is 0 Å². The molecule has 0 radical (unpaired) electrons. The molecule has 2 fully saturated rings. The number of anilines is 1. The molecule has 2 N–H and O–H groups in total. The van der Waals surface area contributed by atoms with Gasteiger partial charge in [0.1, 0.15) is 29.2 Å². The van der Waals surface area contributed by atoms with Crippen LogP contribution < -0.4 is 15.0 Å². The number of H-pyrrole nitrogens is 1. The lowest BCUT2D eigenvalue weighted by Crippen LogP contribution is -2.57. The number of nitrogens with zero attached hydrogens (tertiary/aromatic N) is 4. The molecule has 0 amide bonds. The van der Waals surface area contributed by atoms with Crippen LogP contribution in [0, 0.1) is 0 Å². The fourth-order valence-electron chi connectivity index (χ4n) is 3.80. The summed E-state index contributed by atoms with van der Waals surface area (Å²) in [7, 11) is 0. The summed E-state index contributed by atoms with van der Waals surface area (Å²) in [6.45, 7) is 9.35. The van der Waals surface area contributed by atoms with E-state index >= 15 is 0 Å². The molecule has 1 saturated heterocycles. The fourth-order valence-corrected chi connectivity index (χ4v) is 3.80. The third kappa shape index (κ3) is 3.30. The van der Waals surface area contributed by atoms with Gasteiger partial charge in [-0.25, -0.2) is 9.97 Å². The number of aromatic nitrogens is 4. The average Bonchev–Trinajstić information content (AvgIpc) is 3.24. The van der Waals surface area contributed by atoms with E-state index < -0.39 is 0 Å². The molecule has 1 saturated carbocycles. The van der Waals surface area contributed by atoms with Crippen LogP contribution in [-0.4, -0.2) is 50.9 Å². The van der Waals surface area contributed by atoms with Crippen molar-refractivity contribution in [3.8, 4) is 17.1 Å². The van der Waals surface area contributed by atoms with Crippen LogP contribution in [0.2, 0.25) is 0 Å². The third-order valence-corrected chi connectivity index (χ3v) is 5.64. The molecule has 3 aromatic rings. The van der Waals surface area contributed by atoms with Crippen molar-refractivity contribution in [1.29, 1.82) is 0 Å². The van der Waals surface area contributed by atoms with Crippen molar-refractivity contribution in [2.45, 2.75) is 44.8 Å². The van der Waals surface area contributed by atoms with Gasteiger partial charge in [-0.2, -0.15) is 5.10 Å². The van der Waals surface area contributed by atoms with E-state index in [4.69, 9.17) is 4.74 Å². The fraction of sp³-hybridized carbons (Fsp3) is 0.476. The van der Waals surface area contributed by atoms with Gasteiger partial charge in [0.25, 0.3) is 0 Å². The zero-order chi connectivity index (χ0) is 19.4. The highest BCUT2D eigenvalue weighted by atomic mass is 16.5. The number of hydrogen-bond donors (Lipinski definition) is 2. The number of ether oxygens (including phenoxy) is 1. The summed E-state index contributed by atoms with van der Waals surface area (Å²) >= 11 is 0. The summed E-state index contributed by atoms with van der Waals surface area (Å²) < 4.78 is 6.13. The molecule has 1 aromatic carbocycles. The molecule has 7 heteroatoms. The monoisotopic (exact) mass is 378 g/mol. The Balaban J connectivity index is 1.49. The van der Waals surface area contributed by atoms with Crippen LogP contribution in [0.5, 0.6) is 5.75 Å². The Morgan fingerprint density at radius 3 is 2.75 bits per heavy atom. The number of piperazine rings is 1. The topological polar surface area (TPSA) is 79.0 Å². The van der Waals surface area contributed by atoms with E-state index in [1.54, 1.807) is 6.33 Å². The minimum atomic E-state index is -0.00520. The average molecular weight is 378 g/mol. The second kappa shape index (κ2) is 6.17. The summed E-state index contributed by atoms with van der Waals surface area (Å²) in [6.07, 6.45) is 3.85. The second-order valence-corrected chi connectivity index (χ2v) is 8.83. The number of nitrogens with one attached hydrogen (secondary N) is 2. The Bertz CT molecular complexity index is 1020. The highest BCUT2D eigenvalue weighted by molar-refractivity contribution is 5.93. The Labute approximate surface area is 164 Å². The van der Waals surface area contributed by atoms with Crippen LogP contribution in [0.1, 0.15) is 33.6 Å². The zero-order valence-electron chi connectivity index (χ0n) is 16.6. The van der Waals surface area contributed by atoms with E-state index in [9.17, 15) is 0 Å². The van der Waals surface area contributed by atoms with Gasteiger partial charge in [0.2, 0.25) is 0 Å². The van der Waals surface area contributed by atoms with E-state index in [1.807, 2.05) is 18.2 Å². The molecular weight excluding hydrogens is 352 g/mol. The lowest BCUT2D eigenvalue weighted by atomic mass is 10.0. The van der Waals surface area contributed by atoms with E-state index in [1.165, 1.54) is 0 Å². The minimum Gasteiger partial charge on any atom is -0.488 e. The molecule has 2 aromatic heterocycles. The van der Waals surface area contributed by atoms with Crippen LogP contribution in [-0.2, 0) is 0 Å². The van der Waals surface area contributed by atoms with Crippen LogP contribution in [0.15, 0.2) is 30.6 Å². The zero-order valence-corrected chi connectivity index (χ0v) is 16.6. The van der Waals surface area contributed by atoms with Crippen molar-refractivity contribution in [2.24, 2.45) is 0 Å². The first-order chi connectivity index (χ1) is 13.4. The number of rotatable bonds is 4. The third-order valence-electron chi connectivity index (χ3n) is 5.64. The van der Waals surface area contributed by atoms with Crippen LogP contribution in [0.25, 0.3) is 22.3 Å². The number of fused-ring (bicyclic) bond motifs is 1. The van der Waals surface area contributed by atoms with Gasteiger partial charge in [0.05, 0.1) is 11.2 Å². The normalized spacial score (nSPS) is 20.3. The van der Waals surface area contributed by atoms with Crippen molar-refractivity contribution in [1.82, 2.24) is 25.5 Å². The van der Waals surface area contributed by atoms with E-state index in [2.05, 4.69) is 57.2 Å². The Morgan fingerprint density at radius 1 is 1.11 bits per heavy atom. The second-order valence-electron chi connectivity index (χ2n) is 8.83. The summed E-state index contributed by atoms with van der Waals surface area (Å²) in [4.78, 5) is 11.3. The smallest absolute Gasteiger partial charge is 0.132 e. The maximum absolute atomic E-state index is 6.13. The van der Waals surface area contributed by atoms with E-state index in [0.29, 0.717) is 0 Å². The molecule has 0 spiro atoms. The van der Waals surface area contributed by atoms with Gasteiger partial charge in [0, 0.05) is 36.6 Å². The molecule has 1 aliphatic heterocycles. The van der Waals surface area contributed by atoms with Crippen molar-refractivity contribution >= 4 is 16.7 Å². The van der Waals surface area contributed by atoms with Crippen LogP contribution in [0.4, 0.5) is 5.82 Å². The molecule has 1 aliphatic carbocycles. The molecule has 0 bridgehead atoms. The Morgan fingerprint density at radius 2 is 1.96 bits per heavy atom. The molecule has 28 heavy (non-hydrogen) atoms. The lowest BCUT2D eigenvalue weighted by Gasteiger charge is -2.39. The van der Waals surface area contributed by atoms with Crippen molar-refractivity contribution in [3.05, 3.63) is 30.6 Å². The predicted molar refractivity (Wildman–Crippen MR) is 110 cm³/mol. The summed E-state index contributed by atoms with van der Waals surface area (Å²) in [5.41, 5.74) is 2.69. The SMILES string of the molecule is CC1(C)CN(c2cc(-c3n[nH]c4ccc(OC5(C)CC5)cc34)ncn2)CCN1. The molecular formula is C21H26N6O. The van der Waals surface area contributed by atoms with Gasteiger partial charge in [-0.05, 0) is 51.8 Å². The van der Waals surface area contributed by atoms with Gasteiger partial charge >= 0.3 is 0 Å². The van der Waals surface area contributed by atoms with Crippen LogP contribution >= 0.6 is 0 Å². The lowest BCUT2D eigenvalue weighted by molar-refractivity contribution is 0.200. The standard InChI is InChI=1S/C21H26N6O/c1-20(2)12-27(9-8-24-20)18-11-17(22-13-23-18)19-15-10-14(28-21(3)6-7-21)4-5-16(15)25-26-19/h4-5,10-11,13,24H,6-9,12H2,1-3H3,(H,25,26). The summed E-state index contributed by atoms with van der Waals surface area (Å²) in [5.74, 6) is 1.82. The Hall–Kier alpha value is -2.67. The highest BCUT2D eigenvalue weighted by Gasteiger charge is 2.40. The molecule has 0 atom stereocenters. The largest absolute Gasteiger partial charge is 0.488 e. The number of hydrogen-bond acceptors (Lipinski definition) is 6. The number of benzene rings is 1. The number of aromatic amines is 1. The van der Waals surface area contributed by atoms with Crippen LogP contribution in [0.3, 0.4) is 0 Å². The highest BCUT2D eigenvalue weighted by Crippen LogP contribution is 2.40. The molecule has 5 rings (SSSR count). The first-order valence-corrected chi connectivity index (χ1v) is 9.90. The quantitative estimate of drug-likeness (QED) is 0.726. The van der Waals surface area contributed by atoms with Gasteiger partial charge in [-0.15, -0.1) is 0 Å². The van der Waals surface area contributed by atoms with Gasteiger partial charge < -0.3 is 15.0 Å². The Kier molecular flexibility index (Phi) is 3.84. The molecule has 146 valence electrons. The van der Waals surface area contributed by atoms with Crippen molar-refractivity contribution < 1.29 is 4.74 Å². The summed E-state index contributed by atoms with van der Waals surface area (Å²) in [6, 6.07) is 8.12. The van der Waals surface area contributed by atoms with Crippen molar-refractivity contribution in [3.63, 3.8) is 0 Å². The maximum Gasteiger partial charge on any atom is 0.132 e. The molecule has 7 nitrogen and oxygen atoms in total. The summed E-state index contributed by atoms with van der Waals surface area (Å²) in [5, 5.41) is 12.2. The molecule has 2 aliphatic rings. The predicted octanol–water partition coefficient (Wildman–Crippen LogP) is 3.14. The van der Waals surface area contributed by atoms with E-state index in [0.717, 1.165) is 66.3 Å². The first kappa shape index (κ1) is 17.4. The van der Waals surface area contributed by atoms with Gasteiger partial charge in [-0.3, -0.25) is 5.10 Å². The molecule has 3 heterocycles. The first-order valence-electron chi connectivity index (χ1n) is 9.90. The van der Waals surface area contributed by atoms with Gasteiger partial charge in [-0.1, -0.05) is 0 Å². The molecule has 0 unspecified atom stereocenters. The minimum absolute atomic E-state index is 0.00520.